The molecule has 1 unspecified atom stereocenters. The third-order valence-corrected chi connectivity index (χ3v) is 5.80. The molecule has 0 heterocycles. The Hall–Kier alpha value is -1.33. The SMILES string of the molecule is CCN(CC)CCCC(C)NS(=O)(=O)c1cc(C(F)(F)F)cc(C(F)(F)F)c1. The first-order valence-corrected chi connectivity index (χ1v) is 10.2. The van der Waals surface area contributed by atoms with E-state index in [0.29, 0.717) is 19.4 Å². The number of alkyl halides is 6. The summed E-state index contributed by atoms with van der Waals surface area (Å²) in [5.41, 5.74) is -3.34. The molecule has 1 rings (SSSR count). The number of hydrogen-bond acceptors (Lipinski definition) is 3. The maximum atomic E-state index is 12.9. The Kier molecular flexibility index (Phi) is 8.33. The monoisotopic (exact) mass is 434 g/mol. The Morgan fingerprint density at radius 3 is 1.82 bits per heavy atom. The number of hydrogen-bond donors (Lipinski definition) is 1. The summed E-state index contributed by atoms with van der Waals surface area (Å²) in [5, 5.41) is 0. The molecular formula is C17H24F6N2O2S. The van der Waals surface area contributed by atoms with E-state index in [-0.39, 0.29) is 18.2 Å². The number of nitrogens with one attached hydrogen (secondary N) is 1. The molecule has 0 saturated heterocycles. The lowest BCUT2D eigenvalue weighted by atomic mass is 10.1. The van der Waals surface area contributed by atoms with Gasteiger partial charge in [-0.15, -0.1) is 0 Å². The predicted molar refractivity (Wildman–Crippen MR) is 93.3 cm³/mol. The van der Waals surface area contributed by atoms with Crippen molar-refractivity contribution in [1.29, 1.82) is 0 Å². The molecular weight excluding hydrogens is 410 g/mol. The normalized spacial score (nSPS) is 14.5. The zero-order valence-electron chi connectivity index (χ0n) is 15.8. The van der Waals surface area contributed by atoms with Crippen molar-refractivity contribution in [2.75, 3.05) is 19.6 Å². The Labute approximate surface area is 161 Å². The van der Waals surface area contributed by atoms with Gasteiger partial charge in [0.1, 0.15) is 0 Å². The summed E-state index contributed by atoms with van der Waals surface area (Å²) in [6, 6.07) is -0.336. The van der Waals surface area contributed by atoms with Crippen LogP contribution in [-0.2, 0) is 22.4 Å². The minimum absolute atomic E-state index is 0.105. The highest BCUT2D eigenvalue weighted by Gasteiger charge is 2.38. The summed E-state index contributed by atoms with van der Waals surface area (Å²) in [6.07, 6.45) is -9.20. The highest BCUT2D eigenvalue weighted by molar-refractivity contribution is 7.89. The Balaban J connectivity index is 3.03. The quantitative estimate of drug-likeness (QED) is 0.582. The van der Waals surface area contributed by atoms with Crippen LogP contribution in [0.2, 0.25) is 0 Å². The lowest BCUT2D eigenvalue weighted by Gasteiger charge is -2.20. The van der Waals surface area contributed by atoms with Crippen molar-refractivity contribution in [2.45, 2.75) is 56.9 Å². The van der Waals surface area contributed by atoms with Gasteiger partial charge in [0.15, 0.2) is 0 Å². The van der Waals surface area contributed by atoms with Crippen molar-refractivity contribution < 1.29 is 34.8 Å². The van der Waals surface area contributed by atoms with Gasteiger partial charge in [0.05, 0.1) is 16.0 Å². The topological polar surface area (TPSA) is 49.4 Å². The minimum atomic E-state index is -5.11. The van der Waals surface area contributed by atoms with E-state index in [1.807, 2.05) is 13.8 Å². The van der Waals surface area contributed by atoms with Crippen LogP contribution < -0.4 is 4.72 Å². The van der Waals surface area contributed by atoms with E-state index in [4.69, 9.17) is 0 Å². The van der Waals surface area contributed by atoms with Crippen LogP contribution in [0.5, 0.6) is 0 Å². The zero-order valence-corrected chi connectivity index (χ0v) is 16.6. The standard InChI is InChI=1S/C17H24F6N2O2S/c1-4-25(5-2)8-6-7-12(3)24-28(26,27)15-10-13(16(18,19)20)9-14(11-15)17(21,22)23/h9-12,24H,4-8H2,1-3H3. The molecule has 0 aliphatic carbocycles. The predicted octanol–water partition coefficient (Wildman–Crippen LogP) is 4.51. The number of benzene rings is 1. The van der Waals surface area contributed by atoms with E-state index in [2.05, 4.69) is 9.62 Å². The van der Waals surface area contributed by atoms with Crippen molar-refractivity contribution in [3.63, 3.8) is 0 Å². The van der Waals surface area contributed by atoms with E-state index in [1.165, 1.54) is 6.92 Å². The summed E-state index contributed by atoms with van der Waals surface area (Å²) in [7, 11) is -4.55. The third-order valence-electron chi connectivity index (χ3n) is 4.23. The first kappa shape index (κ1) is 24.7. The summed E-state index contributed by atoms with van der Waals surface area (Å²) < 4.78 is 104. The molecule has 0 spiro atoms. The lowest BCUT2D eigenvalue weighted by molar-refractivity contribution is -0.143. The van der Waals surface area contributed by atoms with Gasteiger partial charge in [0.2, 0.25) is 10.0 Å². The fraction of sp³-hybridized carbons (Fsp3) is 0.647. The highest BCUT2D eigenvalue weighted by Crippen LogP contribution is 2.37. The van der Waals surface area contributed by atoms with Gasteiger partial charge in [0.25, 0.3) is 0 Å². The van der Waals surface area contributed by atoms with Gasteiger partial charge < -0.3 is 4.90 Å². The second-order valence-corrected chi connectivity index (χ2v) is 8.15. The molecule has 0 bridgehead atoms. The summed E-state index contributed by atoms with van der Waals surface area (Å²) in [5.74, 6) is 0. The summed E-state index contributed by atoms with van der Waals surface area (Å²) in [4.78, 5) is 1.05. The molecule has 0 aliphatic rings. The molecule has 11 heteroatoms. The molecule has 28 heavy (non-hydrogen) atoms. The largest absolute Gasteiger partial charge is 0.416 e. The zero-order chi connectivity index (χ0) is 21.8. The fourth-order valence-electron chi connectivity index (χ4n) is 2.63. The molecule has 1 N–H and O–H groups in total. The van der Waals surface area contributed by atoms with Gasteiger partial charge in [-0.2, -0.15) is 26.3 Å². The van der Waals surface area contributed by atoms with Crippen LogP contribution in [0.4, 0.5) is 26.3 Å². The molecule has 1 atom stereocenters. The van der Waals surface area contributed by atoms with Crippen molar-refractivity contribution >= 4 is 10.0 Å². The molecule has 0 fully saturated rings. The van der Waals surface area contributed by atoms with Gasteiger partial charge in [-0.1, -0.05) is 13.8 Å². The minimum Gasteiger partial charge on any atom is -0.304 e. The van der Waals surface area contributed by atoms with Crippen molar-refractivity contribution in [1.82, 2.24) is 9.62 Å². The first-order chi connectivity index (χ1) is 12.7. The van der Waals surface area contributed by atoms with Crippen LogP contribution >= 0.6 is 0 Å². The molecule has 0 amide bonds. The van der Waals surface area contributed by atoms with Crippen LogP contribution in [0.25, 0.3) is 0 Å². The summed E-state index contributed by atoms with van der Waals surface area (Å²) in [6.45, 7) is 7.81. The van der Waals surface area contributed by atoms with E-state index in [9.17, 15) is 34.8 Å². The van der Waals surface area contributed by atoms with Gasteiger partial charge >= 0.3 is 12.4 Å². The van der Waals surface area contributed by atoms with Crippen molar-refractivity contribution in [3.05, 3.63) is 29.3 Å². The average molecular weight is 434 g/mol. The average Bonchev–Trinajstić information content (AvgIpc) is 2.56. The number of halogens is 6. The molecule has 1 aromatic rings. The number of nitrogens with zero attached hydrogens (tertiary/aromatic N) is 1. The van der Waals surface area contributed by atoms with E-state index >= 15 is 0 Å². The van der Waals surface area contributed by atoms with E-state index in [1.54, 1.807) is 0 Å². The highest BCUT2D eigenvalue weighted by atomic mass is 32.2. The smallest absolute Gasteiger partial charge is 0.304 e. The number of sulfonamides is 1. The maximum absolute atomic E-state index is 12.9. The van der Waals surface area contributed by atoms with Gasteiger partial charge in [-0.05, 0) is 57.6 Å². The van der Waals surface area contributed by atoms with Crippen LogP contribution in [0, 0.1) is 0 Å². The molecule has 0 aromatic heterocycles. The maximum Gasteiger partial charge on any atom is 0.416 e. The van der Waals surface area contributed by atoms with Gasteiger partial charge in [-0.25, -0.2) is 13.1 Å². The first-order valence-electron chi connectivity index (χ1n) is 8.74. The second-order valence-electron chi connectivity index (χ2n) is 6.43. The Bertz CT molecular complexity index is 711. The Morgan fingerprint density at radius 1 is 0.964 bits per heavy atom. The van der Waals surface area contributed by atoms with E-state index in [0.717, 1.165) is 13.1 Å². The molecule has 4 nitrogen and oxygen atoms in total. The Morgan fingerprint density at radius 2 is 1.43 bits per heavy atom. The molecule has 0 radical (unpaired) electrons. The van der Waals surface area contributed by atoms with Crippen molar-refractivity contribution in [3.8, 4) is 0 Å². The fourth-order valence-corrected chi connectivity index (χ4v) is 3.98. The van der Waals surface area contributed by atoms with Crippen LogP contribution in [0.3, 0.4) is 0 Å². The van der Waals surface area contributed by atoms with E-state index < -0.39 is 44.4 Å². The molecule has 1 aromatic carbocycles. The summed E-state index contributed by atoms with van der Waals surface area (Å²) >= 11 is 0. The van der Waals surface area contributed by atoms with Crippen molar-refractivity contribution in [2.24, 2.45) is 0 Å². The second kappa shape index (κ2) is 9.45. The lowest BCUT2D eigenvalue weighted by Crippen LogP contribution is -2.34. The van der Waals surface area contributed by atoms with Gasteiger partial charge in [-0.3, -0.25) is 0 Å². The van der Waals surface area contributed by atoms with Gasteiger partial charge in [0, 0.05) is 6.04 Å². The molecule has 0 saturated carbocycles. The third kappa shape index (κ3) is 7.25. The van der Waals surface area contributed by atoms with Crippen LogP contribution in [0.15, 0.2) is 23.1 Å². The van der Waals surface area contributed by atoms with Crippen LogP contribution in [-0.4, -0.2) is 39.0 Å². The molecule has 0 aliphatic heterocycles. The molecule has 162 valence electrons. The van der Waals surface area contributed by atoms with Crippen LogP contribution in [0.1, 0.15) is 44.7 Å². The number of rotatable bonds is 9.